The van der Waals surface area contributed by atoms with E-state index in [1.165, 1.54) is 0 Å². The van der Waals surface area contributed by atoms with E-state index in [0.29, 0.717) is 0 Å². The molecule has 0 N–H and O–H groups in total. The molecule has 1 rings (SSSR count). The van der Waals surface area contributed by atoms with E-state index in [9.17, 15) is 4.79 Å². The molecular weight excluding hydrogens is 208 g/mol. The fraction of sp³-hybridized carbons (Fsp3) is 0.417. The molecule has 0 saturated carbocycles. The van der Waals surface area contributed by atoms with Crippen LogP contribution >= 0.6 is 11.8 Å². The Kier molecular flexibility index (Phi) is 5.26. The van der Waals surface area contributed by atoms with Gasteiger partial charge in [0.25, 0.3) is 0 Å². The minimum atomic E-state index is 0.0870. The lowest BCUT2D eigenvalue weighted by Gasteiger charge is -2.05. The van der Waals surface area contributed by atoms with Crippen LogP contribution in [0.5, 0.6) is 5.75 Å². The van der Waals surface area contributed by atoms with Crippen LogP contribution in [0.1, 0.15) is 23.7 Å². The molecule has 2 nitrogen and oxygen atoms in total. The molecule has 0 amide bonds. The van der Waals surface area contributed by atoms with Gasteiger partial charge in [-0.2, -0.15) is 11.8 Å². The van der Waals surface area contributed by atoms with Gasteiger partial charge in [0.15, 0.2) is 5.78 Å². The van der Waals surface area contributed by atoms with Crippen molar-refractivity contribution in [2.75, 3.05) is 18.6 Å². The maximum Gasteiger partial charge on any atom is 0.159 e. The highest BCUT2D eigenvalue weighted by molar-refractivity contribution is 7.98. The molecule has 0 aromatic heterocycles. The molecular formula is C12H16O2S. The van der Waals surface area contributed by atoms with Crippen LogP contribution < -0.4 is 4.74 Å². The molecule has 3 heteroatoms. The number of hydrogen-bond acceptors (Lipinski definition) is 3. The zero-order valence-corrected chi connectivity index (χ0v) is 9.97. The number of carbonyl (C=O) groups is 1. The van der Waals surface area contributed by atoms with E-state index in [1.54, 1.807) is 19.1 Å². The van der Waals surface area contributed by atoms with Crippen molar-refractivity contribution in [3.05, 3.63) is 29.8 Å². The van der Waals surface area contributed by atoms with Crippen LogP contribution in [0.4, 0.5) is 0 Å². The maximum absolute atomic E-state index is 11.0. The number of thioether (sulfide) groups is 1. The molecule has 15 heavy (non-hydrogen) atoms. The SMILES string of the molecule is CSCCCOc1ccc(C(C)=O)cc1. The van der Waals surface area contributed by atoms with Crippen LogP contribution in [0.2, 0.25) is 0 Å². The summed E-state index contributed by atoms with van der Waals surface area (Å²) in [5.41, 5.74) is 0.728. The highest BCUT2D eigenvalue weighted by atomic mass is 32.2. The number of ketones is 1. The van der Waals surface area contributed by atoms with Crippen molar-refractivity contribution in [2.24, 2.45) is 0 Å². The molecule has 0 aliphatic rings. The molecule has 0 aliphatic carbocycles. The zero-order chi connectivity index (χ0) is 11.1. The lowest BCUT2D eigenvalue weighted by Crippen LogP contribution is -1.99. The number of carbonyl (C=O) groups excluding carboxylic acids is 1. The molecule has 1 aromatic carbocycles. The summed E-state index contributed by atoms with van der Waals surface area (Å²) in [5, 5.41) is 0. The van der Waals surface area contributed by atoms with Gasteiger partial charge in [-0.3, -0.25) is 4.79 Å². The summed E-state index contributed by atoms with van der Waals surface area (Å²) in [6.45, 7) is 2.30. The quantitative estimate of drug-likeness (QED) is 0.549. The van der Waals surface area contributed by atoms with Crippen LogP contribution in [0.3, 0.4) is 0 Å². The molecule has 0 saturated heterocycles. The Morgan fingerprint density at radius 2 is 2.00 bits per heavy atom. The van der Waals surface area contributed by atoms with Gasteiger partial charge in [0.1, 0.15) is 5.75 Å². The van der Waals surface area contributed by atoms with Gasteiger partial charge < -0.3 is 4.74 Å². The first kappa shape index (κ1) is 12.1. The highest BCUT2D eigenvalue weighted by Crippen LogP contribution is 2.13. The molecule has 0 bridgehead atoms. The van der Waals surface area contributed by atoms with Gasteiger partial charge in [-0.25, -0.2) is 0 Å². The minimum absolute atomic E-state index is 0.0870. The second-order valence-corrected chi connectivity index (χ2v) is 4.26. The third kappa shape index (κ3) is 4.38. The molecule has 0 atom stereocenters. The Hall–Kier alpha value is -0.960. The Labute approximate surface area is 95.0 Å². The van der Waals surface area contributed by atoms with E-state index < -0.39 is 0 Å². The Morgan fingerprint density at radius 1 is 1.33 bits per heavy atom. The molecule has 0 unspecified atom stereocenters. The molecule has 0 aliphatic heterocycles. The van der Waals surface area contributed by atoms with E-state index >= 15 is 0 Å². The van der Waals surface area contributed by atoms with Crippen molar-refractivity contribution in [3.8, 4) is 5.75 Å². The number of ether oxygens (including phenoxy) is 1. The van der Waals surface area contributed by atoms with Gasteiger partial charge in [-0.05, 0) is 49.6 Å². The summed E-state index contributed by atoms with van der Waals surface area (Å²) in [6.07, 6.45) is 3.14. The van der Waals surface area contributed by atoms with E-state index in [1.807, 2.05) is 23.9 Å². The smallest absolute Gasteiger partial charge is 0.159 e. The summed E-state index contributed by atoms with van der Waals surface area (Å²) in [7, 11) is 0. The average molecular weight is 224 g/mol. The molecule has 0 radical (unpaired) electrons. The van der Waals surface area contributed by atoms with Crippen molar-refractivity contribution >= 4 is 17.5 Å². The summed E-state index contributed by atoms with van der Waals surface area (Å²) in [4.78, 5) is 11.0. The van der Waals surface area contributed by atoms with Crippen LogP contribution in [0.15, 0.2) is 24.3 Å². The Bertz CT molecular complexity index is 306. The lowest BCUT2D eigenvalue weighted by molar-refractivity contribution is 0.101. The Balaban J connectivity index is 2.39. The van der Waals surface area contributed by atoms with Gasteiger partial charge in [0, 0.05) is 5.56 Å². The lowest BCUT2D eigenvalue weighted by atomic mass is 10.1. The van der Waals surface area contributed by atoms with Crippen molar-refractivity contribution in [2.45, 2.75) is 13.3 Å². The Morgan fingerprint density at radius 3 is 2.53 bits per heavy atom. The predicted octanol–water partition coefficient (Wildman–Crippen LogP) is 3.02. The molecule has 82 valence electrons. The first-order valence-electron chi connectivity index (χ1n) is 4.97. The summed E-state index contributed by atoms with van der Waals surface area (Å²) in [6, 6.07) is 7.28. The maximum atomic E-state index is 11.0. The van der Waals surface area contributed by atoms with E-state index in [2.05, 4.69) is 6.26 Å². The predicted molar refractivity (Wildman–Crippen MR) is 64.9 cm³/mol. The second-order valence-electron chi connectivity index (χ2n) is 3.28. The largest absolute Gasteiger partial charge is 0.494 e. The number of Topliss-reactive ketones (excluding diaryl/α,β-unsaturated/α-hetero) is 1. The van der Waals surface area contributed by atoms with Gasteiger partial charge in [-0.1, -0.05) is 0 Å². The highest BCUT2D eigenvalue weighted by Gasteiger charge is 1.99. The molecule has 1 aromatic rings. The second kappa shape index (κ2) is 6.51. The number of rotatable bonds is 6. The van der Waals surface area contributed by atoms with Crippen LogP contribution in [0.25, 0.3) is 0 Å². The topological polar surface area (TPSA) is 26.3 Å². The number of hydrogen-bond donors (Lipinski definition) is 0. The fourth-order valence-corrected chi connectivity index (χ4v) is 1.59. The fourth-order valence-electron chi connectivity index (χ4n) is 1.18. The van der Waals surface area contributed by atoms with Gasteiger partial charge >= 0.3 is 0 Å². The molecule has 0 fully saturated rings. The van der Waals surface area contributed by atoms with Crippen LogP contribution in [-0.4, -0.2) is 24.4 Å². The van der Waals surface area contributed by atoms with Crippen LogP contribution in [0, 0.1) is 0 Å². The summed E-state index contributed by atoms with van der Waals surface area (Å²) < 4.78 is 5.52. The monoisotopic (exact) mass is 224 g/mol. The van der Waals surface area contributed by atoms with Gasteiger partial charge in [0.2, 0.25) is 0 Å². The van der Waals surface area contributed by atoms with Crippen molar-refractivity contribution in [1.82, 2.24) is 0 Å². The van der Waals surface area contributed by atoms with Gasteiger partial charge in [0.05, 0.1) is 6.61 Å². The van der Waals surface area contributed by atoms with Crippen molar-refractivity contribution < 1.29 is 9.53 Å². The first-order chi connectivity index (χ1) is 7.24. The first-order valence-corrected chi connectivity index (χ1v) is 6.36. The average Bonchev–Trinajstić information content (AvgIpc) is 2.25. The van der Waals surface area contributed by atoms with E-state index in [0.717, 1.165) is 30.1 Å². The molecule has 0 heterocycles. The zero-order valence-electron chi connectivity index (χ0n) is 9.16. The minimum Gasteiger partial charge on any atom is -0.494 e. The molecule has 0 spiro atoms. The van der Waals surface area contributed by atoms with Crippen LogP contribution in [-0.2, 0) is 0 Å². The normalized spacial score (nSPS) is 10.0. The van der Waals surface area contributed by atoms with E-state index in [4.69, 9.17) is 4.74 Å². The third-order valence-electron chi connectivity index (χ3n) is 2.02. The van der Waals surface area contributed by atoms with Crippen molar-refractivity contribution in [1.29, 1.82) is 0 Å². The number of benzene rings is 1. The standard InChI is InChI=1S/C12H16O2S/c1-10(13)11-4-6-12(7-5-11)14-8-3-9-15-2/h4-7H,3,8-9H2,1-2H3. The summed E-state index contributed by atoms with van der Waals surface area (Å²) in [5.74, 6) is 2.04. The van der Waals surface area contributed by atoms with Gasteiger partial charge in [-0.15, -0.1) is 0 Å². The van der Waals surface area contributed by atoms with E-state index in [-0.39, 0.29) is 5.78 Å². The summed E-state index contributed by atoms with van der Waals surface area (Å²) >= 11 is 1.82. The van der Waals surface area contributed by atoms with Crippen molar-refractivity contribution in [3.63, 3.8) is 0 Å². The third-order valence-corrected chi connectivity index (χ3v) is 2.72.